The lowest BCUT2D eigenvalue weighted by atomic mass is 9.75. The first-order chi connectivity index (χ1) is 17.2. The van der Waals surface area contributed by atoms with Crippen LogP contribution in [-0.4, -0.2) is 4.98 Å². The highest BCUT2D eigenvalue weighted by atomic mass is 16.3. The van der Waals surface area contributed by atoms with Gasteiger partial charge in [-0.1, -0.05) is 82.3 Å². The predicted octanol–water partition coefficient (Wildman–Crippen LogP) is 7.93. The van der Waals surface area contributed by atoms with Gasteiger partial charge in [0.2, 0.25) is 0 Å². The minimum atomic E-state index is -0.0109. The van der Waals surface area contributed by atoms with Crippen LogP contribution in [0.15, 0.2) is 77.5 Å². The van der Waals surface area contributed by atoms with Crippen molar-refractivity contribution in [2.75, 3.05) is 0 Å². The normalized spacial score (nSPS) is 22.7. The van der Waals surface area contributed by atoms with Crippen molar-refractivity contribution in [3.8, 4) is 11.3 Å². The van der Waals surface area contributed by atoms with Gasteiger partial charge in [-0.2, -0.15) is 0 Å². The van der Waals surface area contributed by atoms with Crippen LogP contribution >= 0.6 is 0 Å². The summed E-state index contributed by atoms with van der Waals surface area (Å²) in [6, 6.07) is 24.4. The monoisotopic (exact) mass is 469 g/mol. The van der Waals surface area contributed by atoms with Crippen LogP contribution in [0.25, 0.3) is 54.9 Å². The smallest absolute Gasteiger partial charge is 0.345 e. The van der Waals surface area contributed by atoms with Crippen molar-refractivity contribution in [3.05, 3.63) is 84.2 Å². The van der Waals surface area contributed by atoms with Gasteiger partial charge in [-0.25, -0.2) is 4.57 Å². The molecule has 3 heteroatoms. The molecule has 2 aromatic heterocycles. The van der Waals surface area contributed by atoms with E-state index in [1.54, 1.807) is 0 Å². The van der Waals surface area contributed by atoms with Crippen LogP contribution in [0, 0.1) is 0 Å². The van der Waals surface area contributed by atoms with Crippen molar-refractivity contribution in [3.63, 3.8) is 0 Å². The van der Waals surface area contributed by atoms with Crippen molar-refractivity contribution < 1.29 is 8.98 Å². The molecule has 4 aromatic carbocycles. The summed E-state index contributed by atoms with van der Waals surface area (Å²) in [5, 5.41) is 7.36. The number of nitrogens with zero attached hydrogens (tertiary/aromatic N) is 2. The molecule has 176 valence electrons. The lowest BCUT2D eigenvalue weighted by molar-refractivity contribution is -0.732. The Bertz CT molecular complexity index is 1940. The van der Waals surface area contributed by atoms with E-state index < -0.39 is 0 Å². The molecule has 1 fully saturated rings. The number of aromatic nitrogens is 2. The second-order valence-electron chi connectivity index (χ2n) is 12.3. The molecule has 36 heavy (non-hydrogen) atoms. The summed E-state index contributed by atoms with van der Waals surface area (Å²) in [5.74, 6) is 0. The van der Waals surface area contributed by atoms with Gasteiger partial charge >= 0.3 is 5.71 Å². The summed E-state index contributed by atoms with van der Waals surface area (Å²) in [4.78, 5) is 4.89. The molecule has 8 rings (SSSR count). The Labute approximate surface area is 210 Å². The van der Waals surface area contributed by atoms with Gasteiger partial charge in [0.1, 0.15) is 16.5 Å². The Morgan fingerprint density at radius 3 is 2.36 bits per heavy atom. The first kappa shape index (κ1) is 20.5. The first-order valence-corrected chi connectivity index (χ1v) is 12.9. The number of benzene rings is 4. The third-order valence-electron chi connectivity index (χ3n) is 9.28. The summed E-state index contributed by atoms with van der Waals surface area (Å²) in [6.07, 6.45) is 3.14. The van der Waals surface area contributed by atoms with E-state index in [9.17, 15) is 0 Å². The van der Waals surface area contributed by atoms with Crippen molar-refractivity contribution >= 4 is 43.6 Å². The van der Waals surface area contributed by atoms with Gasteiger partial charge in [0.25, 0.3) is 6.33 Å². The molecule has 6 aromatic rings. The zero-order valence-corrected chi connectivity index (χ0v) is 21.4. The van der Waals surface area contributed by atoms with Gasteiger partial charge < -0.3 is 4.42 Å². The molecular weight excluding hydrogens is 440 g/mol. The topological polar surface area (TPSA) is 29.9 Å². The van der Waals surface area contributed by atoms with Gasteiger partial charge in [-0.3, -0.25) is 0 Å². The Balaban J connectivity index is 1.61. The van der Waals surface area contributed by atoms with Crippen LogP contribution in [0.3, 0.4) is 0 Å². The molecule has 2 aliphatic rings. The quantitative estimate of drug-likeness (QED) is 0.211. The van der Waals surface area contributed by atoms with Crippen LogP contribution in [0.5, 0.6) is 0 Å². The Kier molecular flexibility index (Phi) is 3.50. The maximum atomic E-state index is 6.51. The van der Waals surface area contributed by atoms with E-state index in [1.807, 2.05) is 6.33 Å². The van der Waals surface area contributed by atoms with Crippen LogP contribution in [0.4, 0.5) is 0 Å². The zero-order chi connectivity index (χ0) is 24.6. The summed E-state index contributed by atoms with van der Waals surface area (Å²) in [5.41, 5.74) is 7.17. The molecule has 0 spiro atoms. The van der Waals surface area contributed by atoms with Gasteiger partial charge in [0.15, 0.2) is 5.69 Å². The molecule has 2 atom stereocenters. The first-order valence-electron chi connectivity index (χ1n) is 12.9. The number of rotatable bonds is 0. The molecule has 0 amide bonds. The average molecular weight is 470 g/mol. The Morgan fingerprint density at radius 2 is 1.58 bits per heavy atom. The molecule has 0 bridgehead atoms. The van der Waals surface area contributed by atoms with E-state index >= 15 is 0 Å². The van der Waals surface area contributed by atoms with Gasteiger partial charge in [0.05, 0.1) is 0 Å². The number of hydrogen-bond acceptors (Lipinski definition) is 2. The molecular formula is C33H29N2O+. The summed E-state index contributed by atoms with van der Waals surface area (Å²) in [6.45, 7) is 11.8. The molecule has 0 radical (unpaired) electrons. The van der Waals surface area contributed by atoms with E-state index in [1.165, 1.54) is 38.5 Å². The Hall–Kier alpha value is -3.72. The third-order valence-corrected chi connectivity index (χ3v) is 9.28. The molecule has 2 unspecified atom stereocenters. The average Bonchev–Trinajstić information content (AvgIpc) is 3.26. The maximum Gasteiger partial charge on any atom is 0.345 e. The van der Waals surface area contributed by atoms with E-state index in [0.717, 1.165) is 33.9 Å². The highest BCUT2D eigenvalue weighted by Crippen LogP contribution is 2.66. The minimum absolute atomic E-state index is 0.0109. The second kappa shape index (κ2) is 6.15. The minimum Gasteiger partial charge on any atom is -0.418 e. The number of furan rings is 1. The van der Waals surface area contributed by atoms with Crippen molar-refractivity contribution in [1.29, 1.82) is 0 Å². The van der Waals surface area contributed by atoms with Crippen molar-refractivity contribution in [1.82, 2.24) is 4.98 Å². The predicted molar refractivity (Wildman–Crippen MR) is 146 cm³/mol. The van der Waals surface area contributed by atoms with Crippen LogP contribution in [0.1, 0.15) is 52.2 Å². The SMILES string of the molecule is CC(C)(C)c1cc2c(c3ccccc13)C1(C)CC1(C)[n+]1cnc3oc4c5ccccc5ccc4c3c1-2. The summed E-state index contributed by atoms with van der Waals surface area (Å²) < 4.78 is 8.98. The second-order valence-corrected chi connectivity index (χ2v) is 12.3. The summed E-state index contributed by atoms with van der Waals surface area (Å²) >= 11 is 0. The third kappa shape index (κ3) is 2.26. The van der Waals surface area contributed by atoms with Gasteiger partial charge in [0, 0.05) is 28.2 Å². The van der Waals surface area contributed by atoms with Crippen molar-refractivity contribution in [2.24, 2.45) is 0 Å². The fourth-order valence-electron chi connectivity index (χ4n) is 7.19. The van der Waals surface area contributed by atoms with Crippen molar-refractivity contribution in [2.45, 2.75) is 57.4 Å². The fraction of sp³-hybridized carbons (Fsp3) is 0.273. The van der Waals surface area contributed by atoms with Crippen LogP contribution in [-0.2, 0) is 16.4 Å². The lowest BCUT2D eigenvalue weighted by Crippen LogP contribution is -2.53. The zero-order valence-electron chi connectivity index (χ0n) is 21.4. The molecule has 1 aliphatic heterocycles. The molecule has 0 saturated heterocycles. The Morgan fingerprint density at radius 1 is 0.861 bits per heavy atom. The number of fused-ring (bicyclic) bond motifs is 14. The van der Waals surface area contributed by atoms with E-state index in [-0.39, 0.29) is 16.4 Å². The van der Waals surface area contributed by atoms with Crippen LogP contribution < -0.4 is 4.57 Å². The number of hydrogen-bond donors (Lipinski definition) is 0. The standard InChI is InChI=1S/C33H29N2O/c1-31(2,3)25-16-24-27(22-13-9-8-12-21(22)25)32(4)17-33(32,5)35-18-34-30-26(28(24)35)23-15-14-19-10-6-7-11-20(19)29(23)36-30/h6-16,18H,17H2,1-5H3/q+1. The molecule has 3 heterocycles. The highest BCUT2D eigenvalue weighted by Gasteiger charge is 2.71. The highest BCUT2D eigenvalue weighted by molar-refractivity contribution is 6.18. The maximum absolute atomic E-state index is 6.51. The molecule has 0 N–H and O–H groups in total. The summed E-state index contributed by atoms with van der Waals surface area (Å²) in [7, 11) is 0. The molecule has 3 nitrogen and oxygen atoms in total. The van der Waals surface area contributed by atoms with E-state index in [2.05, 4.69) is 106 Å². The lowest BCUT2D eigenvalue weighted by Gasteiger charge is -2.32. The van der Waals surface area contributed by atoms with Gasteiger partial charge in [-0.05, 0) is 56.7 Å². The van der Waals surface area contributed by atoms with Crippen LogP contribution in [0.2, 0.25) is 0 Å². The molecule has 1 saturated carbocycles. The fourth-order valence-corrected chi connectivity index (χ4v) is 7.19. The van der Waals surface area contributed by atoms with E-state index in [4.69, 9.17) is 9.40 Å². The molecule has 1 aliphatic carbocycles. The largest absolute Gasteiger partial charge is 0.418 e. The van der Waals surface area contributed by atoms with Gasteiger partial charge in [-0.15, -0.1) is 0 Å². The van der Waals surface area contributed by atoms with E-state index in [0.29, 0.717) is 0 Å².